The van der Waals surface area contributed by atoms with Crippen LogP contribution in [-0.4, -0.2) is 10.9 Å². The highest BCUT2D eigenvalue weighted by molar-refractivity contribution is 5.96. The first-order valence-electron chi connectivity index (χ1n) is 4.60. The van der Waals surface area contributed by atoms with Crippen LogP contribution in [0.25, 0.3) is 0 Å². The van der Waals surface area contributed by atoms with Gasteiger partial charge in [-0.2, -0.15) is 5.26 Å². The fourth-order valence-corrected chi connectivity index (χ4v) is 0.924. The molecule has 0 aliphatic rings. The molecule has 0 bridgehead atoms. The molecule has 4 heteroatoms. The molecule has 0 aromatic carbocycles. The molecule has 4 nitrogen and oxygen atoms in total. The van der Waals surface area contributed by atoms with Gasteiger partial charge in [-0.1, -0.05) is 0 Å². The van der Waals surface area contributed by atoms with E-state index in [2.05, 4.69) is 10.3 Å². The van der Waals surface area contributed by atoms with Gasteiger partial charge in [-0.05, 0) is 32.4 Å². The van der Waals surface area contributed by atoms with Gasteiger partial charge in [-0.3, -0.25) is 9.78 Å². The third kappa shape index (κ3) is 2.53. The number of nitrogens with one attached hydrogen (secondary N) is 1. The number of carbonyl (C=O) groups is 1. The summed E-state index contributed by atoms with van der Waals surface area (Å²) in [5.74, 6) is -0.318. The third-order valence-corrected chi connectivity index (χ3v) is 2.13. The number of pyridine rings is 1. The van der Waals surface area contributed by atoms with Crippen LogP contribution >= 0.6 is 0 Å². The Bertz CT molecular complexity index is 418. The molecular formula is C11H13N3O. The highest BCUT2D eigenvalue weighted by Crippen LogP contribution is 2.18. The second-order valence-corrected chi connectivity index (χ2v) is 3.88. The number of nitrogens with zero attached hydrogens (tertiary/aromatic N) is 2. The van der Waals surface area contributed by atoms with Crippen molar-refractivity contribution in [3.63, 3.8) is 0 Å². The van der Waals surface area contributed by atoms with Gasteiger partial charge < -0.3 is 5.32 Å². The van der Waals surface area contributed by atoms with Gasteiger partial charge >= 0.3 is 0 Å². The summed E-state index contributed by atoms with van der Waals surface area (Å²) in [4.78, 5) is 15.6. The molecule has 0 atom stereocenters. The van der Waals surface area contributed by atoms with Gasteiger partial charge in [0.25, 0.3) is 0 Å². The second kappa shape index (κ2) is 4.09. The van der Waals surface area contributed by atoms with Crippen molar-refractivity contribution in [2.75, 3.05) is 5.32 Å². The minimum Gasteiger partial charge on any atom is -0.323 e. The van der Waals surface area contributed by atoms with Crippen LogP contribution in [0.15, 0.2) is 18.5 Å². The van der Waals surface area contributed by atoms with Gasteiger partial charge in [0.15, 0.2) is 0 Å². The first-order chi connectivity index (χ1) is 6.97. The van der Waals surface area contributed by atoms with Crippen LogP contribution in [0, 0.1) is 23.7 Å². The van der Waals surface area contributed by atoms with E-state index in [9.17, 15) is 4.79 Å². The lowest BCUT2D eigenvalue weighted by molar-refractivity contribution is -0.121. The average Bonchev–Trinajstić information content (AvgIpc) is 2.21. The lowest BCUT2D eigenvalue weighted by Crippen LogP contribution is -2.29. The Hall–Kier alpha value is -1.89. The zero-order valence-corrected chi connectivity index (χ0v) is 9.03. The molecule has 0 radical (unpaired) electrons. The van der Waals surface area contributed by atoms with Gasteiger partial charge in [0, 0.05) is 6.20 Å². The van der Waals surface area contributed by atoms with E-state index in [0.717, 1.165) is 5.56 Å². The van der Waals surface area contributed by atoms with Crippen LogP contribution in [0.2, 0.25) is 0 Å². The summed E-state index contributed by atoms with van der Waals surface area (Å²) >= 11 is 0. The van der Waals surface area contributed by atoms with Crippen LogP contribution in [-0.2, 0) is 4.79 Å². The van der Waals surface area contributed by atoms with Crippen molar-refractivity contribution in [2.45, 2.75) is 20.8 Å². The largest absolute Gasteiger partial charge is 0.323 e. The summed E-state index contributed by atoms with van der Waals surface area (Å²) in [6.07, 6.45) is 3.22. The minimum absolute atomic E-state index is 0.318. The lowest BCUT2D eigenvalue weighted by atomic mass is 9.94. The van der Waals surface area contributed by atoms with E-state index in [4.69, 9.17) is 5.26 Å². The number of hydrogen-bond acceptors (Lipinski definition) is 3. The van der Waals surface area contributed by atoms with E-state index in [1.807, 2.05) is 13.0 Å². The molecule has 0 aliphatic carbocycles. The fraction of sp³-hybridized carbons (Fsp3) is 0.364. The quantitative estimate of drug-likeness (QED) is 0.798. The molecule has 0 spiro atoms. The number of amides is 1. The fourth-order valence-electron chi connectivity index (χ4n) is 0.924. The number of aromatic nitrogens is 1. The Labute approximate surface area is 88.9 Å². The Morgan fingerprint density at radius 3 is 2.80 bits per heavy atom. The molecule has 15 heavy (non-hydrogen) atoms. The van der Waals surface area contributed by atoms with Crippen molar-refractivity contribution in [3.8, 4) is 6.07 Å². The number of anilines is 1. The highest BCUT2D eigenvalue weighted by atomic mass is 16.2. The Balaban J connectivity index is 2.86. The van der Waals surface area contributed by atoms with E-state index < -0.39 is 5.41 Å². The molecule has 0 unspecified atom stereocenters. The predicted molar refractivity (Wildman–Crippen MR) is 57.0 cm³/mol. The number of nitriles is 1. The van der Waals surface area contributed by atoms with Crippen molar-refractivity contribution in [2.24, 2.45) is 5.41 Å². The zero-order valence-electron chi connectivity index (χ0n) is 9.03. The first kappa shape index (κ1) is 11.2. The van der Waals surface area contributed by atoms with E-state index in [0.29, 0.717) is 5.69 Å². The molecule has 1 aromatic rings. The summed E-state index contributed by atoms with van der Waals surface area (Å²) in [6.45, 7) is 5.03. The maximum atomic E-state index is 11.7. The molecule has 1 aromatic heterocycles. The van der Waals surface area contributed by atoms with Crippen LogP contribution in [0.5, 0.6) is 0 Å². The Morgan fingerprint density at radius 2 is 2.27 bits per heavy atom. The Morgan fingerprint density at radius 1 is 1.60 bits per heavy atom. The van der Waals surface area contributed by atoms with Gasteiger partial charge in [-0.15, -0.1) is 0 Å². The number of hydrogen-bond donors (Lipinski definition) is 1. The molecule has 0 saturated heterocycles. The van der Waals surface area contributed by atoms with Crippen molar-refractivity contribution < 1.29 is 4.79 Å². The standard InChI is InChI=1S/C11H13N3O/c1-8-4-5-13-6-9(8)14-10(15)11(2,3)7-12/h4-6H,1-3H3,(H,14,15). The molecule has 0 saturated carbocycles. The number of carbonyl (C=O) groups excluding carboxylic acids is 1. The summed E-state index contributed by atoms with van der Waals surface area (Å²) < 4.78 is 0. The topological polar surface area (TPSA) is 65.8 Å². The second-order valence-electron chi connectivity index (χ2n) is 3.88. The van der Waals surface area contributed by atoms with Gasteiger partial charge in [-0.25, -0.2) is 0 Å². The van der Waals surface area contributed by atoms with Gasteiger partial charge in [0.2, 0.25) is 5.91 Å². The number of aryl methyl sites for hydroxylation is 1. The zero-order chi connectivity index (χ0) is 11.5. The first-order valence-corrected chi connectivity index (χ1v) is 4.60. The average molecular weight is 203 g/mol. The van der Waals surface area contributed by atoms with Crippen molar-refractivity contribution in [3.05, 3.63) is 24.0 Å². The smallest absolute Gasteiger partial charge is 0.244 e. The van der Waals surface area contributed by atoms with E-state index in [-0.39, 0.29) is 5.91 Å². The van der Waals surface area contributed by atoms with E-state index >= 15 is 0 Å². The molecule has 0 fully saturated rings. The highest BCUT2D eigenvalue weighted by Gasteiger charge is 2.27. The maximum absolute atomic E-state index is 11.7. The van der Waals surface area contributed by atoms with Gasteiger partial charge in [0.05, 0.1) is 18.0 Å². The molecular weight excluding hydrogens is 190 g/mol. The van der Waals surface area contributed by atoms with Crippen molar-refractivity contribution in [1.82, 2.24) is 4.98 Å². The summed E-state index contributed by atoms with van der Waals surface area (Å²) in [5, 5.41) is 11.5. The van der Waals surface area contributed by atoms with Crippen LogP contribution in [0.4, 0.5) is 5.69 Å². The third-order valence-electron chi connectivity index (χ3n) is 2.13. The maximum Gasteiger partial charge on any atom is 0.244 e. The molecule has 78 valence electrons. The molecule has 1 heterocycles. The predicted octanol–water partition coefficient (Wildman–Crippen LogP) is 1.88. The van der Waals surface area contributed by atoms with Crippen LogP contribution in [0.3, 0.4) is 0 Å². The lowest BCUT2D eigenvalue weighted by Gasteiger charge is -2.15. The summed E-state index contributed by atoms with van der Waals surface area (Å²) in [6, 6.07) is 3.75. The monoisotopic (exact) mass is 203 g/mol. The SMILES string of the molecule is Cc1ccncc1NC(=O)C(C)(C)C#N. The van der Waals surface area contributed by atoms with Crippen molar-refractivity contribution in [1.29, 1.82) is 5.26 Å². The molecule has 1 amide bonds. The molecule has 0 aliphatic heterocycles. The minimum atomic E-state index is -1.03. The van der Waals surface area contributed by atoms with Gasteiger partial charge in [0.1, 0.15) is 5.41 Å². The van der Waals surface area contributed by atoms with E-state index in [1.54, 1.807) is 32.3 Å². The van der Waals surface area contributed by atoms with Crippen LogP contribution < -0.4 is 5.32 Å². The summed E-state index contributed by atoms with van der Waals surface area (Å²) in [5.41, 5.74) is 0.542. The normalized spacial score (nSPS) is 10.5. The van der Waals surface area contributed by atoms with Crippen molar-refractivity contribution >= 4 is 11.6 Å². The molecule has 1 rings (SSSR count). The molecule has 1 N–H and O–H groups in total. The van der Waals surface area contributed by atoms with Crippen LogP contribution in [0.1, 0.15) is 19.4 Å². The summed E-state index contributed by atoms with van der Waals surface area (Å²) in [7, 11) is 0. The number of rotatable bonds is 2. The van der Waals surface area contributed by atoms with E-state index in [1.165, 1.54) is 0 Å². The Kier molecular flexibility index (Phi) is 3.05.